The first-order valence-corrected chi connectivity index (χ1v) is 2.71. The summed E-state index contributed by atoms with van der Waals surface area (Å²) in [4.78, 5) is 9.48. The van der Waals surface area contributed by atoms with Crippen LogP contribution in [0.5, 0.6) is 0 Å². The number of carboxylic acids is 1. The van der Waals surface area contributed by atoms with E-state index in [1.54, 1.807) is 0 Å². The van der Waals surface area contributed by atoms with Crippen LogP contribution in [0.1, 0.15) is 0 Å². The smallest absolute Gasteiger partial charge is 0.327 e. The predicted octanol–water partition coefficient (Wildman–Crippen LogP) is -2.25. The van der Waals surface area contributed by atoms with E-state index in [1.165, 1.54) is 0 Å². The van der Waals surface area contributed by atoms with Gasteiger partial charge in [0.05, 0.1) is 10.2 Å². The van der Waals surface area contributed by atoms with E-state index in [0.29, 0.717) is 10.2 Å². The number of hydrogen-bond donors (Lipinski definition) is 2. The van der Waals surface area contributed by atoms with Crippen molar-refractivity contribution in [1.82, 2.24) is 0 Å². The molecular weight excluding hydrogens is 100 g/mol. The second-order valence-corrected chi connectivity index (χ2v) is 2.11. The maximum absolute atomic E-state index is 9.48. The zero-order chi connectivity index (χ0) is 5.15. The van der Waals surface area contributed by atoms with E-state index in [9.17, 15) is 4.79 Å². The lowest BCUT2D eigenvalue weighted by Gasteiger charge is -1.89. The van der Waals surface area contributed by atoms with Crippen LogP contribution >= 0.6 is 0 Å². The van der Waals surface area contributed by atoms with Gasteiger partial charge in [-0.3, -0.25) is 0 Å². The molecule has 0 saturated carbocycles. The fraction of sp³-hybridized carbons (Fsp3) is 0.500. The SMILES string of the molecule is O=C(O)C(O)[SiH3]. The molecule has 0 aliphatic rings. The second-order valence-electron chi connectivity index (χ2n) is 1.01. The Morgan fingerprint density at radius 3 is 2.00 bits per heavy atom. The largest absolute Gasteiger partial charge is 0.480 e. The summed E-state index contributed by atoms with van der Waals surface area (Å²) in [6.07, 6.45) is 0. The number of carboxylic acid groups (broad SMARTS) is 1. The van der Waals surface area contributed by atoms with Gasteiger partial charge >= 0.3 is 5.97 Å². The maximum Gasteiger partial charge on any atom is 0.327 e. The Morgan fingerprint density at radius 2 is 2.00 bits per heavy atom. The van der Waals surface area contributed by atoms with Gasteiger partial charge in [-0.25, -0.2) is 4.79 Å². The summed E-state index contributed by atoms with van der Waals surface area (Å²) in [7, 11) is 0.309. The van der Waals surface area contributed by atoms with E-state index < -0.39 is 11.7 Å². The van der Waals surface area contributed by atoms with Gasteiger partial charge in [-0.15, -0.1) is 0 Å². The number of aliphatic hydroxyl groups excluding tert-OH is 1. The van der Waals surface area contributed by atoms with Crippen LogP contribution in [0, 0.1) is 0 Å². The predicted molar refractivity (Wildman–Crippen MR) is 23.6 cm³/mol. The molecule has 6 heavy (non-hydrogen) atoms. The summed E-state index contributed by atoms with van der Waals surface area (Å²) in [6.45, 7) is 0. The molecule has 0 aliphatic heterocycles. The standard InChI is InChI=1S/C2H6O3Si/c3-1(4)2(5)6/h2,5H,6H3,(H,3,4). The third-order valence-electron chi connectivity index (χ3n) is 0.357. The molecular formula is C2H6O3Si. The fourth-order valence-electron chi connectivity index (χ4n) is 0. The molecule has 0 bridgehead atoms. The quantitative estimate of drug-likeness (QED) is 0.371. The minimum atomic E-state index is -1.12. The van der Waals surface area contributed by atoms with Gasteiger partial charge in [-0.2, -0.15) is 0 Å². The Hall–Kier alpha value is -0.353. The number of hydrogen-bond acceptors (Lipinski definition) is 2. The average Bonchev–Trinajstić information content (AvgIpc) is 1.36. The Balaban J connectivity index is 3.26. The van der Waals surface area contributed by atoms with Crippen molar-refractivity contribution in [1.29, 1.82) is 0 Å². The molecule has 0 aromatic carbocycles. The minimum Gasteiger partial charge on any atom is -0.480 e. The summed E-state index contributed by atoms with van der Waals surface area (Å²) in [6, 6.07) is 0. The molecule has 3 nitrogen and oxygen atoms in total. The lowest BCUT2D eigenvalue weighted by molar-refractivity contribution is -0.142. The number of aliphatic hydroxyl groups is 1. The summed E-state index contributed by atoms with van der Waals surface area (Å²) in [5, 5.41) is 15.9. The van der Waals surface area contributed by atoms with Crippen molar-refractivity contribution in [2.24, 2.45) is 0 Å². The van der Waals surface area contributed by atoms with Gasteiger partial charge in [0.1, 0.15) is 5.73 Å². The number of carbonyl (C=O) groups is 1. The molecule has 2 N–H and O–H groups in total. The molecule has 1 unspecified atom stereocenters. The first-order valence-electron chi connectivity index (χ1n) is 1.55. The van der Waals surface area contributed by atoms with Crippen molar-refractivity contribution in [2.75, 3.05) is 0 Å². The van der Waals surface area contributed by atoms with E-state index in [0.717, 1.165) is 0 Å². The van der Waals surface area contributed by atoms with Gasteiger partial charge in [-0.05, 0) is 0 Å². The molecule has 0 radical (unpaired) electrons. The van der Waals surface area contributed by atoms with Gasteiger partial charge in [0.15, 0.2) is 0 Å². The van der Waals surface area contributed by atoms with Crippen LogP contribution in [0.3, 0.4) is 0 Å². The highest BCUT2D eigenvalue weighted by Crippen LogP contribution is 1.67. The first kappa shape index (κ1) is 5.65. The maximum atomic E-state index is 9.48. The molecule has 1 atom stereocenters. The van der Waals surface area contributed by atoms with Crippen molar-refractivity contribution < 1.29 is 15.0 Å². The molecule has 0 rings (SSSR count). The summed E-state index contributed by atoms with van der Waals surface area (Å²) in [5.74, 6) is -1.12. The van der Waals surface area contributed by atoms with E-state index in [2.05, 4.69) is 0 Å². The van der Waals surface area contributed by atoms with Crippen molar-refractivity contribution in [3.63, 3.8) is 0 Å². The van der Waals surface area contributed by atoms with Gasteiger partial charge in [0.2, 0.25) is 0 Å². The van der Waals surface area contributed by atoms with E-state index in [1.807, 2.05) is 0 Å². The summed E-state index contributed by atoms with van der Waals surface area (Å²) < 4.78 is 0. The fourth-order valence-corrected chi connectivity index (χ4v) is 0. The molecule has 0 amide bonds. The molecule has 4 heteroatoms. The third kappa shape index (κ3) is 1.92. The molecule has 0 aliphatic carbocycles. The number of aliphatic carboxylic acids is 1. The Labute approximate surface area is 38.0 Å². The lowest BCUT2D eigenvalue weighted by atomic mass is 10.7. The van der Waals surface area contributed by atoms with Crippen LogP contribution in [-0.2, 0) is 4.79 Å². The Bertz CT molecular complexity index is 59.8. The molecule has 0 saturated heterocycles. The van der Waals surface area contributed by atoms with Crippen molar-refractivity contribution in [2.45, 2.75) is 5.73 Å². The normalized spacial score (nSPS) is 14.2. The Morgan fingerprint density at radius 1 is 1.83 bits per heavy atom. The van der Waals surface area contributed by atoms with E-state index >= 15 is 0 Å². The van der Waals surface area contributed by atoms with Crippen LogP contribution in [0.4, 0.5) is 0 Å². The van der Waals surface area contributed by atoms with E-state index in [-0.39, 0.29) is 0 Å². The topological polar surface area (TPSA) is 57.5 Å². The zero-order valence-corrected chi connectivity index (χ0v) is 5.38. The van der Waals surface area contributed by atoms with Crippen LogP contribution < -0.4 is 0 Å². The van der Waals surface area contributed by atoms with Crippen molar-refractivity contribution in [3.05, 3.63) is 0 Å². The average molecular weight is 106 g/mol. The highest BCUT2D eigenvalue weighted by Gasteiger charge is 2.01. The molecule has 0 heterocycles. The number of rotatable bonds is 1. The minimum absolute atomic E-state index is 0.309. The third-order valence-corrected chi connectivity index (χ3v) is 0.851. The van der Waals surface area contributed by atoms with Gasteiger partial charge in [0, 0.05) is 0 Å². The van der Waals surface area contributed by atoms with Crippen LogP contribution in [0.25, 0.3) is 0 Å². The van der Waals surface area contributed by atoms with Gasteiger partial charge in [-0.1, -0.05) is 0 Å². The van der Waals surface area contributed by atoms with Crippen molar-refractivity contribution in [3.8, 4) is 0 Å². The molecule has 0 fully saturated rings. The molecule has 0 aromatic rings. The van der Waals surface area contributed by atoms with Crippen LogP contribution in [-0.4, -0.2) is 32.2 Å². The van der Waals surface area contributed by atoms with Crippen molar-refractivity contribution >= 4 is 16.2 Å². The highest BCUT2D eigenvalue weighted by molar-refractivity contribution is 6.21. The molecule has 0 aromatic heterocycles. The monoisotopic (exact) mass is 106 g/mol. The Kier molecular flexibility index (Phi) is 1.82. The van der Waals surface area contributed by atoms with Crippen LogP contribution in [0.2, 0.25) is 0 Å². The van der Waals surface area contributed by atoms with Crippen LogP contribution in [0.15, 0.2) is 0 Å². The first-order chi connectivity index (χ1) is 2.64. The molecule has 36 valence electrons. The summed E-state index contributed by atoms with van der Waals surface area (Å²) in [5.41, 5.74) is -1.09. The molecule has 0 spiro atoms. The highest BCUT2D eigenvalue weighted by atomic mass is 28.1. The van der Waals surface area contributed by atoms with Gasteiger partial charge < -0.3 is 10.2 Å². The lowest BCUT2D eigenvalue weighted by Crippen LogP contribution is -2.18. The summed E-state index contributed by atoms with van der Waals surface area (Å²) >= 11 is 0. The second kappa shape index (κ2) is 1.94. The van der Waals surface area contributed by atoms with Gasteiger partial charge in [0.25, 0.3) is 0 Å². The zero-order valence-electron chi connectivity index (χ0n) is 3.38. The van der Waals surface area contributed by atoms with E-state index in [4.69, 9.17) is 10.2 Å².